The highest BCUT2D eigenvalue weighted by atomic mass is 16.6. The van der Waals surface area contributed by atoms with E-state index in [9.17, 15) is 24.0 Å². The van der Waals surface area contributed by atoms with Crippen molar-refractivity contribution >= 4 is 46.6 Å². The van der Waals surface area contributed by atoms with E-state index in [1.165, 1.54) is 0 Å². The van der Waals surface area contributed by atoms with Crippen LogP contribution < -0.4 is 21.3 Å². The first-order valence-electron chi connectivity index (χ1n) is 21.8. The number of hydrogen-bond donors (Lipinski definition) is 5. The summed E-state index contributed by atoms with van der Waals surface area (Å²) in [6.07, 6.45) is 3.66. The van der Waals surface area contributed by atoms with Crippen LogP contribution in [0.5, 0.6) is 0 Å². The highest BCUT2D eigenvalue weighted by Gasteiger charge is 2.31. The maximum absolute atomic E-state index is 14.0. The number of piperidine rings is 1. The number of carbonyl (C=O) groups excluding carboxylic acids is 5. The average molecular weight is 850 g/mol. The number of alkyl carbamates (subject to hydrolysis) is 1. The lowest BCUT2D eigenvalue weighted by atomic mass is 9.81. The zero-order chi connectivity index (χ0) is 44.8. The molecule has 2 aliphatic rings. The third kappa shape index (κ3) is 12.8. The van der Waals surface area contributed by atoms with Crippen molar-refractivity contribution in [1.29, 1.82) is 0 Å². The second-order valence-electron chi connectivity index (χ2n) is 18.9. The van der Waals surface area contributed by atoms with Crippen molar-refractivity contribution in [3.8, 4) is 11.1 Å². The van der Waals surface area contributed by atoms with Crippen LogP contribution >= 0.6 is 0 Å². The van der Waals surface area contributed by atoms with Gasteiger partial charge in [-0.2, -0.15) is 0 Å². The first-order chi connectivity index (χ1) is 29.3. The number of benzene rings is 3. The van der Waals surface area contributed by atoms with Crippen molar-refractivity contribution in [1.82, 2.24) is 30.8 Å². The van der Waals surface area contributed by atoms with Crippen LogP contribution in [-0.4, -0.2) is 87.7 Å². The number of nitrogens with zero attached hydrogens (tertiary/aromatic N) is 2. The van der Waals surface area contributed by atoms with Gasteiger partial charge in [0, 0.05) is 49.3 Å². The molecular formula is C48H63N7O7. The molecule has 14 nitrogen and oxygen atoms in total. The van der Waals surface area contributed by atoms with Crippen LogP contribution in [0.4, 0.5) is 15.3 Å². The molecule has 0 bridgehead atoms. The number of amides is 5. The SMILES string of the molecule is Cc1nc2ccc(NC(=O)[C@H](Cc3ccc(-c4ccc(C(=O)NC5CCN(C(=O)OC(C)(C)C)CC5)cc4C)cc3)NC(=O)C3CCC(CNC(=O)OC(C)(C)C)CC3)cc2[nH]1. The number of H-pyrrole nitrogens is 1. The fourth-order valence-electron chi connectivity index (χ4n) is 8.10. The summed E-state index contributed by atoms with van der Waals surface area (Å²) in [5, 5.41) is 12.1. The van der Waals surface area contributed by atoms with Crippen LogP contribution in [0.1, 0.15) is 107 Å². The van der Waals surface area contributed by atoms with E-state index in [1.54, 1.807) is 11.0 Å². The van der Waals surface area contributed by atoms with E-state index in [2.05, 4.69) is 31.2 Å². The quantitative estimate of drug-likeness (QED) is 0.101. The van der Waals surface area contributed by atoms with E-state index in [-0.39, 0.29) is 48.1 Å². The average Bonchev–Trinajstić information content (AvgIpc) is 3.58. The lowest BCUT2D eigenvalue weighted by Gasteiger charge is -2.33. The Morgan fingerprint density at radius 1 is 0.823 bits per heavy atom. The Bertz CT molecular complexity index is 2240. The maximum atomic E-state index is 14.0. The smallest absolute Gasteiger partial charge is 0.410 e. The van der Waals surface area contributed by atoms with Gasteiger partial charge in [-0.05, 0) is 152 Å². The van der Waals surface area contributed by atoms with Crippen LogP contribution in [0.15, 0.2) is 60.7 Å². The second kappa shape index (κ2) is 19.4. The lowest BCUT2D eigenvalue weighted by Crippen LogP contribution is -2.48. The summed E-state index contributed by atoms with van der Waals surface area (Å²) in [7, 11) is 0. The third-order valence-corrected chi connectivity index (χ3v) is 11.3. The monoisotopic (exact) mass is 849 g/mol. The van der Waals surface area contributed by atoms with Gasteiger partial charge in [-0.3, -0.25) is 14.4 Å². The topological polar surface area (TPSA) is 184 Å². The summed E-state index contributed by atoms with van der Waals surface area (Å²) in [5.41, 5.74) is 5.37. The Balaban J connectivity index is 1.07. The fourth-order valence-corrected chi connectivity index (χ4v) is 8.10. The maximum Gasteiger partial charge on any atom is 0.410 e. The molecule has 0 radical (unpaired) electrons. The molecular weight excluding hydrogens is 787 g/mol. The molecule has 14 heteroatoms. The third-order valence-electron chi connectivity index (χ3n) is 11.3. The molecule has 5 N–H and O–H groups in total. The normalized spacial score (nSPS) is 17.8. The van der Waals surface area contributed by atoms with Crippen LogP contribution in [0, 0.1) is 25.7 Å². The summed E-state index contributed by atoms with van der Waals surface area (Å²) in [6, 6.07) is 18.2. The molecule has 2 heterocycles. The number of carbonyl (C=O) groups is 5. The van der Waals surface area contributed by atoms with Crippen molar-refractivity contribution < 1.29 is 33.4 Å². The molecule has 6 rings (SSSR count). The van der Waals surface area contributed by atoms with E-state index < -0.39 is 23.3 Å². The number of fused-ring (bicyclic) bond motifs is 1. The van der Waals surface area contributed by atoms with Crippen LogP contribution in [0.3, 0.4) is 0 Å². The van der Waals surface area contributed by atoms with Crippen LogP contribution in [-0.2, 0) is 25.5 Å². The summed E-state index contributed by atoms with van der Waals surface area (Å²) < 4.78 is 10.9. The van der Waals surface area contributed by atoms with Gasteiger partial charge < -0.3 is 40.6 Å². The number of aromatic nitrogens is 2. The molecule has 3 aromatic carbocycles. The number of imidazole rings is 1. The fraction of sp³-hybridized carbons (Fsp3) is 0.500. The van der Waals surface area contributed by atoms with Crippen molar-refractivity contribution in [3.63, 3.8) is 0 Å². The zero-order valence-electron chi connectivity index (χ0n) is 37.4. The number of anilines is 1. The van der Waals surface area contributed by atoms with Crippen molar-refractivity contribution in [3.05, 3.63) is 83.2 Å². The summed E-state index contributed by atoms with van der Waals surface area (Å²) >= 11 is 0. The lowest BCUT2D eigenvalue weighted by molar-refractivity contribution is -0.130. The number of aryl methyl sites for hydroxylation is 2. The molecule has 1 aliphatic carbocycles. The molecule has 1 saturated carbocycles. The molecule has 1 aliphatic heterocycles. The van der Waals surface area contributed by atoms with E-state index in [0.29, 0.717) is 56.6 Å². The van der Waals surface area contributed by atoms with Gasteiger partial charge >= 0.3 is 12.2 Å². The summed E-state index contributed by atoms with van der Waals surface area (Å²) in [6.45, 7) is 16.4. The molecule has 0 unspecified atom stereocenters. The van der Waals surface area contributed by atoms with Crippen molar-refractivity contribution in [2.75, 3.05) is 25.0 Å². The van der Waals surface area contributed by atoms with Crippen molar-refractivity contribution in [2.24, 2.45) is 11.8 Å². The number of nitrogens with one attached hydrogen (secondary N) is 5. The molecule has 0 spiro atoms. The molecule has 4 aromatic rings. The van der Waals surface area contributed by atoms with Gasteiger partial charge in [0.15, 0.2) is 0 Å². The highest BCUT2D eigenvalue weighted by Crippen LogP contribution is 2.30. The van der Waals surface area contributed by atoms with E-state index in [4.69, 9.17) is 9.47 Å². The first-order valence-corrected chi connectivity index (χ1v) is 21.8. The largest absolute Gasteiger partial charge is 0.444 e. The molecule has 5 amide bonds. The molecule has 62 heavy (non-hydrogen) atoms. The van der Waals surface area contributed by atoms with Gasteiger partial charge in [0.05, 0.1) is 11.0 Å². The number of rotatable bonds is 11. The number of aromatic amines is 1. The Hall–Kier alpha value is -5.92. The minimum absolute atomic E-state index is 0.0384. The standard InChI is InChI=1S/C48H63N7O7/c1-29-25-35(43(57)52-36-21-23-55(24-22-36)46(60)62-48(6,7)8)17-19-38(29)33-13-9-31(10-14-33)26-41(44(58)53-37-18-20-39-40(27-37)51-30(2)50-39)54-42(56)34-15-11-32(12-16-34)28-49-45(59)61-47(3,4)5/h9-10,13-14,17-20,25,27,32,34,36,41H,11-12,15-16,21-24,26,28H2,1-8H3,(H,49,59)(H,50,51)(H,52,57)(H,53,58)(H,54,56)/t32?,34?,41-/m0/s1. The van der Waals surface area contributed by atoms with Gasteiger partial charge in [0.2, 0.25) is 11.8 Å². The molecule has 332 valence electrons. The predicted molar refractivity (Wildman–Crippen MR) is 240 cm³/mol. The van der Waals surface area contributed by atoms with Crippen molar-refractivity contribution in [2.45, 2.75) is 124 Å². The molecule has 1 saturated heterocycles. The van der Waals surface area contributed by atoms with Crippen LogP contribution in [0.2, 0.25) is 0 Å². The number of ether oxygens (including phenoxy) is 2. The molecule has 1 aromatic heterocycles. The first kappa shape index (κ1) is 45.6. The van der Waals surface area contributed by atoms with Gasteiger partial charge in [-0.1, -0.05) is 30.3 Å². The minimum atomic E-state index is -0.844. The number of likely N-dealkylation sites (tertiary alicyclic amines) is 1. The van der Waals surface area contributed by atoms with Crippen LogP contribution in [0.25, 0.3) is 22.2 Å². The predicted octanol–water partition coefficient (Wildman–Crippen LogP) is 7.97. The zero-order valence-corrected chi connectivity index (χ0v) is 37.4. The summed E-state index contributed by atoms with van der Waals surface area (Å²) in [5.74, 6) is 0.121. The Kier molecular flexibility index (Phi) is 14.3. The van der Waals surface area contributed by atoms with E-state index in [0.717, 1.165) is 52.0 Å². The molecule has 1 atom stereocenters. The Morgan fingerprint density at radius 2 is 1.50 bits per heavy atom. The van der Waals surface area contributed by atoms with Gasteiger partial charge in [-0.15, -0.1) is 0 Å². The minimum Gasteiger partial charge on any atom is -0.444 e. The van der Waals surface area contributed by atoms with E-state index >= 15 is 0 Å². The number of hydrogen-bond acceptors (Lipinski definition) is 8. The molecule has 2 fully saturated rings. The second-order valence-corrected chi connectivity index (χ2v) is 18.9. The summed E-state index contributed by atoms with van der Waals surface area (Å²) in [4.78, 5) is 75.0. The Labute approximate surface area is 364 Å². The van der Waals surface area contributed by atoms with E-state index in [1.807, 2.05) is 110 Å². The Morgan fingerprint density at radius 3 is 2.15 bits per heavy atom. The highest BCUT2D eigenvalue weighted by molar-refractivity contribution is 5.99. The van der Waals surface area contributed by atoms with Gasteiger partial charge in [-0.25, -0.2) is 14.6 Å². The van der Waals surface area contributed by atoms with Gasteiger partial charge in [0.25, 0.3) is 5.91 Å². The van der Waals surface area contributed by atoms with Gasteiger partial charge in [0.1, 0.15) is 23.1 Å².